The Balaban J connectivity index is 2.90. The summed E-state index contributed by atoms with van der Waals surface area (Å²) in [6.45, 7) is 5.96. The van der Waals surface area contributed by atoms with Crippen LogP contribution in [-0.2, 0) is 9.53 Å². The minimum atomic E-state index is -0.888. The van der Waals surface area contributed by atoms with E-state index >= 15 is 0 Å². The SMILES string of the molecule is CCC(C)(C(=O)OC)C1(O)CCC(C)CC1. The Bertz CT molecular complexity index is 254. The molecule has 1 saturated carbocycles. The molecular weight excluding hydrogens is 204 g/mol. The van der Waals surface area contributed by atoms with Crippen LogP contribution < -0.4 is 0 Å². The molecule has 1 aliphatic rings. The molecule has 0 radical (unpaired) electrons. The first kappa shape index (κ1) is 13.5. The van der Waals surface area contributed by atoms with Crippen LogP contribution in [-0.4, -0.2) is 23.8 Å². The number of hydrogen-bond donors (Lipinski definition) is 1. The van der Waals surface area contributed by atoms with Gasteiger partial charge in [-0.05, 0) is 44.9 Å². The standard InChI is InChI=1S/C13H24O3/c1-5-12(3,11(14)16-4)13(15)8-6-10(2)7-9-13/h10,15H,5-9H2,1-4H3. The fraction of sp³-hybridized carbons (Fsp3) is 0.923. The van der Waals surface area contributed by atoms with Gasteiger partial charge < -0.3 is 9.84 Å². The largest absolute Gasteiger partial charge is 0.469 e. The Morgan fingerprint density at radius 3 is 2.38 bits per heavy atom. The molecule has 1 aliphatic carbocycles. The third-order valence-corrected chi connectivity index (χ3v) is 4.47. The second kappa shape index (κ2) is 4.74. The van der Waals surface area contributed by atoms with E-state index in [4.69, 9.17) is 4.74 Å². The lowest BCUT2D eigenvalue weighted by Crippen LogP contribution is -2.53. The predicted molar refractivity (Wildman–Crippen MR) is 63.0 cm³/mol. The number of methoxy groups -OCH3 is 1. The summed E-state index contributed by atoms with van der Waals surface area (Å²) in [6, 6.07) is 0. The average molecular weight is 228 g/mol. The van der Waals surface area contributed by atoms with Crippen molar-refractivity contribution in [3.63, 3.8) is 0 Å². The molecule has 1 fully saturated rings. The zero-order valence-electron chi connectivity index (χ0n) is 10.9. The van der Waals surface area contributed by atoms with Crippen LogP contribution in [0.1, 0.15) is 52.9 Å². The molecule has 0 heterocycles. The highest BCUT2D eigenvalue weighted by Crippen LogP contribution is 2.46. The lowest BCUT2D eigenvalue weighted by atomic mass is 9.63. The molecule has 16 heavy (non-hydrogen) atoms. The van der Waals surface area contributed by atoms with Gasteiger partial charge in [-0.1, -0.05) is 13.8 Å². The number of carbonyl (C=O) groups is 1. The molecule has 3 nitrogen and oxygen atoms in total. The van der Waals surface area contributed by atoms with Crippen LogP contribution in [0.3, 0.4) is 0 Å². The van der Waals surface area contributed by atoms with Gasteiger partial charge in [0.25, 0.3) is 0 Å². The van der Waals surface area contributed by atoms with Crippen LogP contribution in [0.2, 0.25) is 0 Å². The quantitative estimate of drug-likeness (QED) is 0.755. The first-order valence-electron chi connectivity index (χ1n) is 6.20. The topological polar surface area (TPSA) is 46.5 Å². The van der Waals surface area contributed by atoms with Crippen molar-refractivity contribution < 1.29 is 14.6 Å². The van der Waals surface area contributed by atoms with E-state index in [1.165, 1.54) is 7.11 Å². The molecule has 0 aromatic heterocycles. The van der Waals surface area contributed by atoms with Gasteiger partial charge in [-0.15, -0.1) is 0 Å². The molecule has 1 rings (SSSR count). The highest BCUT2D eigenvalue weighted by Gasteiger charge is 2.52. The summed E-state index contributed by atoms with van der Waals surface area (Å²) in [6.07, 6.45) is 4.00. The summed E-state index contributed by atoms with van der Waals surface area (Å²) >= 11 is 0. The molecule has 0 bridgehead atoms. The van der Waals surface area contributed by atoms with Crippen LogP contribution in [0.25, 0.3) is 0 Å². The van der Waals surface area contributed by atoms with E-state index in [2.05, 4.69) is 6.92 Å². The van der Waals surface area contributed by atoms with Gasteiger partial charge in [-0.2, -0.15) is 0 Å². The van der Waals surface area contributed by atoms with Gasteiger partial charge in [0, 0.05) is 0 Å². The third kappa shape index (κ3) is 2.10. The summed E-state index contributed by atoms with van der Waals surface area (Å²) in [7, 11) is 1.39. The number of esters is 1. The molecule has 0 aromatic carbocycles. The summed E-state index contributed by atoms with van der Waals surface area (Å²) in [5, 5.41) is 10.7. The maximum atomic E-state index is 11.9. The normalized spacial score (nSPS) is 34.2. The second-order valence-electron chi connectivity index (χ2n) is 5.39. The van der Waals surface area contributed by atoms with Gasteiger partial charge in [0.2, 0.25) is 0 Å². The summed E-state index contributed by atoms with van der Waals surface area (Å²) in [5.41, 5.74) is -1.65. The number of ether oxygens (including phenoxy) is 1. The number of rotatable bonds is 3. The van der Waals surface area contributed by atoms with E-state index in [1.807, 2.05) is 13.8 Å². The number of hydrogen-bond acceptors (Lipinski definition) is 3. The zero-order valence-corrected chi connectivity index (χ0v) is 10.9. The van der Waals surface area contributed by atoms with Gasteiger partial charge in [-0.25, -0.2) is 0 Å². The molecule has 1 N–H and O–H groups in total. The fourth-order valence-electron chi connectivity index (χ4n) is 2.68. The highest BCUT2D eigenvalue weighted by molar-refractivity contribution is 5.77. The number of carbonyl (C=O) groups excluding carboxylic acids is 1. The molecule has 0 aliphatic heterocycles. The van der Waals surface area contributed by atoms with Crippen LogP contribution in [0.15, 0.2) is 0 Å². The average Bonchev–Trinajstić information content (AvgIpc) is 2.30. The number of aliphatic hydroxyl groups is 1. The van der Waals surface area contributed by atoms with E-state index < -0.39 is 11.0 Å². The van der Waals surface area contributed by atoms with E-state index in [0.717, 1.165) is 12.8 Å². The van der Waals surface area contributed by atoms with Crippen LogP contribution >= 0.6 is 0 Å². The Labute approximate surface area is 98.2 Å². The van der Waals surface area contributed by atoms with Crippen molar-refractivity contribution in [2.75, 3.05) is 7.11 Å². The fourth-order valence-corrected chi connectivity index (χ4v) is 2.68. The lowest BCUT2D eigenvalue weighted by molar-refractivity contribution is -0.177. The summed E-state index contributed by atoms with van der Waals surface area (Å²) in [4.78, 5) is 11.9. The van der Waals surface area contributed by atoms with Gasteiger partial charge >= 0.3 is 5.97 Å². The van der Waals surface area contributed by atoms with Crippen LogP contribution in [0.5, 0.6) is 0 Å². The Morgan fingerprint density at radius 2 is 2.00 bits per heavy atom. The van der Waals surface area contributed by atoms with Crippen molar-refractivity contribution in [1.29, 1.82) is 0 Å². The zero-order chi connectivity index (χ0) is 12.4. The van der Waals surface area contributed by atoms with E-state index in [1.54, 1.807) is 0 Å². The molecule has 0 saturated heterocycles. The predicted octanol–water partition coefficient (Wildman–Crippen LogP) is 2.52. The minimum Gasteiger partial charge on any atom is -0.469 e. The van der Waals surface area contributed by atoms with Crippen LogP contribution in [0.4, 0.5) is 0 Å². The highest BCUT2D eigenvalue weighted by atomic mass is 16.5. The van der Waals surface area contributed by atoms with Crippen molar-refractivity contribution in [1.82, 2.24) is 0 Å². The smallest absolute Gasteiger partial charge is 0.314 e. The van der Waals surface area contributed by atoms with Gasteiger partial charge in [0.1, 0.15) is 0 Å². The Morgan fingerprint density at radius 1 is 1.50 bits per heavy atom. The maximum absolute atomic E-state index is 11.9. The molecule has 1 unspecified atom stereocenters. The Hall–Kier alpha value is -0.570. The monoisotopic (exact) mass is 228 g/mol. The lowest BCUT2D eigenvalue weighted by Gasteiger charge is -2.46. The van der Waals surface area contributed by atoms with Gasteiger partial charge in [0.05, 0.1) is 18.1 Å². The van der Waals surface area contributed by atoms with Gasteiger partial charge in [-0.3, -0.25) is 4.79 Å². The first-order valence-corrected chi connectivity index (χ1v) is 6.20. The molecule has 0 aromatic rings. The van der Waals surface area contributed by atoms with Crippen molar-refractivity contribution in [2.24, 2.45) is 11.3 Å². The molecule has 1 atom stereocenters. The molecule has 94 valence electrons. The van der Waals surface area contributed by atoms with Crippen LogP contribution in [0, 0.1) is 11.3 Å². The first-order chi connectivity index (χ1) is 7.39. The third-order valence-electron chi connectivity index (χ3n) is 4.47. The van der Waals surface area contributed by atoms with Crippen molar-refractivity contribution >= 4 is 5.97 Å². The van der Waals surface area contributed by atoms with E-state index in [-0.39, 0.29) is 5.97 Å². The molecular formula is C13H24O3. The summed E-state index contributed by atoms with van der Waals surface area (Å²) < 4.78 is 4.85. The second-order valence-corrected chi connectivity index (χ2v) is 5.39. The van der Waals surface area contributed by atoms with Gasteiger partial charge in [0.15, 0.2) is 0 Å². The maximum Gasteiger partial charge on any atom is 0.314 e. The van der Waals surface area contributed by atoms with E-state index in [9.17, 15) is 9.90 Å². The summed E-state index contributed by atoms with van der Waals surface area (Å²) in [5.74, 6) is 0.367. The molecule has 3 heteroatoms. The van der Waals surface area contributed by atoms with Crippen molar-refractivity contribution in [3.05, 3.63) is 0 Å². The van der Waals surface area contributed by atoms with Crippen molar-refractivity contribution in [2.45, 2.75) is 58.5 Å². The molecule has 0 amide bonds. The van der Waals surface area contributed by atoms with E-state index in [0.29, 0.717) is 25.2 Å². The Kier molecular flexibility index (Phi) is 4.00. The minimum absolute atomic E-state index is 0.285. The van der Waals surface area contributed by atoms with Crippen molar-refractivity contribution in [3.8, 4) is 0 Å². The molecule has 0 spiro atoms.